The normalized spacial score (nSPS) is 17.7. The van der Waals surface area contributed by atoms with E-state index in [2.05, 4.69) is 0 Å². The summed E-state index contributed by atoms with van der Waals surface area (Å²) >= 11 is 0. The molecule has 0 bridgehead atoms. The molecule has 1 aromatic rings. The Labute approximate surface area is 83.6 Å². The first-order chi connectivity index (χ1) is 6.77. The Morgan fingerprint density at radius 1 is 1.36 bits per heavy atom. The summed E-state index contributed by atoms with van der Waals surface area (Å²) < 4.78 is 0. The molecule has 2 heteroatoms. The number of carboxylic acids is 1. The molecular formula is C12H14O2. The van der Waals surface area contributed by atoms with Gasteiger partial charge in [0.25, 0.3) is 0 Å². The minimum atomic E-state index is -0.692. The number of hydrogen-bond acceptors (Lipinski definition) is 1. The molecule has 0 saturated heterocycles. The van der Waals surface area contributed by atoms with Crippen molar-refractivity contribution in [1.29, 1.82) is 0 Å². The molecule has 2 rings (SSSR count). The lowest BCUT2D eigenvalue weighted by molar-refractivity contribution is -0.139. The zero-order chi connectivity index (χ0) is 9.97. The van der Waals surface area contributed by atoms with Gasteiger partial charge in [0.15, 0.2) is 0 Å². The molecule has 14 heavy (non-hydrogen) atoms. The van der Waals surface area contributed by atoms with Crippen LogP contribution in [0.15, 0.2) is 30.3 Å². The molecule has 1 atom stereocenters. The molecule has 1 fully saturated rings. The first kappa shape index (κ1) is 9.25. The summed E-state index contributed by atoms with van der Waals surface area (Å²) in [6.07, 6.45) is 3.21. The molecule has 1 aromatic carbocycles. The molecule has 0 heterocycles. The standard InChI is InChI=1S/C12H14O2/c13-12(14)11(8-9-6-7-9)10-4-2-1-3-5-10/h1-5,9,11H,6-8H2,(H,13,14). The van der Waals surface area contributed by atoms with E-state index in [0.717, 1.165) is 12.0 Å². The van der Waals surface area contributed by atoms with Gasteiger partial charge in [-0.15, -0.1) is 0 Å². The minimum absolute atomic E-state index is 0.302. The third kappa shape index (κ3) is 2.13. The number of aliphatic carboxylic acids is 1. The highest BCUT2D eigenvalue weighted by Crippen LogP contribution is 2.38. The van der Waals surface area contributed by atoms with Crippen LogP contribution in [0.2, 0.25) is 0 Å². The lowest BCUT2D eigenvalue weighted by Gasteiger charge is -2.11. The molecule has 1 unspecified atom stereocenters. The summed E-state index contributed by atoms with van der Waals surface area (Å²) in [5, 5.41) is 9.10. The van der Waals surface area contributed by atoms with E-state index >= 15 is 0 Å². The fourth-order valence-electron chi connectivity index (χ4n) is 1.75. The lowest BCUT2D eigenvalue weighted by Crippen LogP contribution is -2.12. The predicted molar refractivity (Wildman–Crippen MR) is 54.2 cm³/mol. The number of benzene rings is 1. The van der Waals surface area contributed by atoms with Crippen LogP contribution in [0.5, 0.6) is 0 Å². The highest BCUT2D eigenvalue weighted by molar-refractivity contribution is 5.76. The van der Waals surface area contributed by atoms with Gasteiger partial charge in [0.05, 0.1) is 5.92 Å². The van der Waals surface area contributed by atoms with E-state index in [4.69, 9.17) is 5.11 Å². The van der Waals surface area contributed by atoms with Crippen molar-refractivity contribution in [1.82, 2.24) is 0 Å². The quantitative estimate of drug-likeness (QED) is 0.792. The van der Waals surface area contributed by atoms with Crippen LogP contribution in [0.4, 0.5) is 0 Å². The molecular weight excluding hydrogens is 176 g/mol. The van der Waals surface area contributed by atoms with E-state index in [1.54, 1.807) is 0 Å². The summed E-state index contributed by atoms with van der Waals surface area (Å²) in [4.78, 5) is 11.1. The first-order valence-electron chi connectivity index (χ1n) is 5.05. The van der Waals surface area contributed by atoms with Gasteiger partial charge < -0.3 is 5.11 Å². The maximum atomic E-state index is 11.1. The molecule has 0 aliphatic heterocycles. The number of rotatable bonds is 4. The molecule has 1 N–H and O–H groups in total. The van der Waals surface area contributed by atoms with Crippen LogP contribution in [0, 0.1) is 5.92 Å². The van der Waals surface area contributed by atoms with Crippen LogP contribution in [0.25, 0.3) is 0 Å². The molecule has 2 nitrogen and oxygen atoms in total. The van der Waals surface area contributed by atoms with E-state index in [1.807, 2.05) is 30.3 Å². The second-order valence-electron chi connectivity index (χ2n) is 3.98. The maximum Gasteiger partial charge on any atom is 0.310 e. The second kappa shape index (κ2) is 3.82. The molecule has 0 aromatic heterocycles. The number of hydrogen-bond donors (Lipinski definition) is 1. The number of carboxylic acid groups (broad SMARTS) is 1. The monoisotopic (exact) mass is 190 g/mol. The highest BCUT2D eigenvalue weighted by atomic mass is 16.4. The summed E-state index contributed by atoms with van der Waals surface area (Å²) in [5.74, 6) is -0.344. The Morgan fingerprint density at radius 3 is 2.50 bits per heavy atom. The third-order valence-corrected chi connectivity index (χ3v) is 2.77. The van der Waals surface area contributed by atoms with E-state index in [9.17, 15) is 4.79 Å². The molecule has 1 aliphatic carbocycles. The van der Waals surface area contributed by atoms with Crippen LogP contribution >= 0.6 is 0 Å². The van der Waals surface area contributed by atoms with Crippen molar-refractivity contribution in [3.8, 4) is 0 Å². The van der Waals surface area contributed by atoms with Gasteiger partial charge in [-0.05, 0) is 17.9 Å². The van der Waals surface area contributed by atoms with Crippen molar-refractivity contribution < 1.29 is 9.90 Å². The maximum absolute atomic E-state index is 11.1. The van der Waals surface area contributed by atoms with Crippen molar-refractivity contribution in [2.45, 2.75) is 25.2 Å². The van der Waals surface area contributed by atoms with Gasteiger partial charge in [-0.25, -0.2) is 0 Å². The Kier molecular flexibility index (Phi) is 2.53. The minimum Gasteiger partial charge on any atom is -0.481 e. The van der Waals surface area contributed by atoms with Crippen LogP contribution in [-0.4, -0.2) is 11.1 Å². The Morgan fingerprint density at radius 2 is 2.00 bits per heavy atom. The predicted octanol–water partition coefficient (Wildman–Crippen LogP) is 2.65. The molecule has 1 aliphatic rings. The molecule has 0 spiro atoms. The largest absolute Gasteiger partial charge is 0.481 e. The highest BCUT2D eigenvalue weighted by Gasteiger charge is 2.29. The van der Waals surface area contributed by atoms with Gasteiger partial charge >= 0.3 is 5.97 Å². The van der Waals surface area contributed by atoms with Gasteiger partial charge in [-0.1, -0.05) is 43.2 Å². The van der Waals surface area contributed by atoms with E-state index in [-0.39, 0.29) is 5.92 Å². The first-order valence-corrected chi connectivity index (χ1v) is 5.05. The molecule has 0 radical (unpaired) electrons. The Hall–Kier alpha value is -1.31. The van der Waals surface area contributed by atoms with Gasteiger partial charge in [0.2, 0.25) is 0 Å². The van der Waals surface area contributed by atoms with Crippen LogP contribution < -0.4 is 0 Å². The van der Waals surface area contributed by atoms with Gasteiger partial charge in [-0.2, -0.15) is 0 Å². The number of carbonyl (C=O) groups is 1. The smallest absolute Gasteiger partial charge is 0.310 e. The van der Waals surface area contributed by atoms with Crippen molar-refractivity contribution >= 4 is 5.97 Å². The molecule has 0 amide bonds. The van der Waals surface area contributed by atoms with Crippen LogP contribution in [0.1, 0.15) is 30.7 Å². The van der Waals surface area contributed by atoms with Gasteiger partial charge in [0.1, 0.15) is 0 Å². The Balaban J connectivity index is 2.13. The van der Waals surface area contributed by atoms with E-state index in [0.29, 0.717) is 5.92 Å². The fourth-order valence-corrected chi connectivity index (χ4v) is 1.75. The molecule has 1 saturated carbocycles. The Bertz CT molecular complexity index is 314. The summed E-state index contributed by atoms with van der Waals surface area (Å²) in [7, 11) is 0. The zero-order valence-corrected chi connectivity index (χ0v) is 8.02. The van der Waals surface area contributed by atoms with Gasteiger partial charge in [-0.3, -0.25) is 4.79 Å². The summed E-state index contributed by atoms with van der Waals surface area (Å²) in [5.41, 5.74) is 0.937. The van der Waals surface area contributed by atoms with Crippen LogP contribution in [0.3, 0.4) is 0 Å². The van der Waals surface area contributed by atoms with Crippen LogP contribution in [-0.2, 0) is 4.79 Å². The second-order valence-corrected chi connectivity index (χ2v) is 3.98. The summed E-state index contributed by atoms with van der Waals surface area (Å²) in [6, 6.07) is 9.53. The lowest BCUT2D eigenvalue weighted by atomic mass is 9.94. The average molecular weight is 190 g/mol. The summed E-state index contributed by atoms with van der Waals surface area (Å²) in [6.45, 7) is 0. The topological polar surface area (TPSA) is 37.3 Å². The van der Waals surface area contributed by atoms with E-state index in [1.165, 1.54) is 12.8 Å². The SMILES string of the molecule is O=C(O)C(CC1CC1)c1ccccc1. The van der Waals surface area contributed by atoms with Crippen molar-refractivity contribution in [3.05, 3.63) is 35.9 Å². The van der Waals surface area contributed by atoms with Crippen molar-refractivity contribution in [2.24, 2.45) is 5.92 Å². The van der Waals surface area contributed by atoms with Crippen molar-refractivity contribution in [2.75, 3.05) is 0 Å². The zero-order valence-electron chi connectivity index (χ0n) is 8.02. The fraction of sp³-hybridized carbons (Fsp3) is 0.417. The van der Waals surface area contributed by atoms with Crippen molar-refractivity contribution in [3.63, 3.8) is 0 Å². The molecule has 74 valence electrons. The third-order valence-electron chi connectivity index (χ3n) is 2.77. The average Bonchev–Trinajstić information content (AvgIpc) is 2.99. The van der Waals surface area contributed by atoms with Gasteiger partial charge in [0, 0.05) is 0 Å². The van der Waals surface area contributed by atoms with E-state index < -0.39 is 5.97 Å².